The van der Waals surface area contributed by atoms with Crippen molar-refractivity contribution in [3.63, 3.8) is 0 Å². The summed E-state index contributed by atoms with van der Waals surface area (Å²) in [7, 11) is -2.02. The minimum absolute atomic E-state index is 0.0229. The molecule has 0 unspecified atom stereocenters. The van der Waals surface area contributed by atoms with E-state index in [-0.39, 0.29) is 12.2 Å². The number of hydrogen-bond donors (Lipinski definition) is 0. The average Bonchev–Trinajstić information content (AvgIpc) is 2.46. The molecule has 0 amide bonds. The van der Waals surface area contributed by atoms with Gasteiger partial charge in [-0.3, -0.25) is 0 Å². The monoisotopic (exact) mass is 336 g/mol. The lowest BCUT2D eigenvalue weighted by Crippen LogP contribution is -2.24. The van der Waals surface area contributed by atoms with E-state index in [9.17, 15) is 8.42 Å². The second kappa shape index (κ2) is 5.69. The zero-order chi connectivity index (χ0) is 16.8. The van der Waals surface area contributed by atoms with Crippen molar-refractivity contribution in [1.82, 2.24) is 0 Å². The fourth-order valence-electron chi connectivity index (χ4n) is 3.30. The van der Waals surface area contributed by atoms with Crippen LogP contribution in [0, 0.1) is 0 Å². The minimum atomic E-state index is -3.64. The Kier molecular flexibility index (Phi) is 3.98. The molecule has 1 aliphatic heterocycles. The van der Waals surface area contributed by atoms with Gasteiger partial charge in [0.1, 0.15) is 5.75 Å². The van der Waals surface area contributed by atoms with Crippen molar-refractivity contribution in [3.05, 3.63) is 35.4 Å². The van der Waals surface area contributed by atoms with Crippen LogP contribution in [0.3, 0.4) is 0 Å². The van der Waals surface area contributed by atoms with Gasteiger partial charge in [-0.15, -0.1) is 0 Å². The molecule has 0 aliphatic carbocycles. The van der Waals surface area contributed by atoms with Crippen LogP contribution < -0.4 is 8.92 Å². The van der Waals surface area contributed by atoms with Crippen molar-refractivity contribution in [2.75, 3.05) is 13.4 Å². The Hall–Kier alpha value is -1.79. The third-order valence-electron chi connectivity index (χ3n) is 4.03. The summed E-state index contributed by atoms with van der Waals surface area (Å²) in [5.74, 6) is 1.11. The van der Waals surface area contributed by atoms with Gasteiger partial charge >= 0.3 is 10.1 Å². The molecule has 0 spiro atoms. The molecule has 0 radical (unpaired) electrons. The normalized spacial score (nSPS) is 21.0. The van der Waals surface area contributed by atoms with Crippen molar-refractivity contribution >= 4 is 20.9 Å². The second-order valence-corrected chi connectivity index (χ2v) is 7.46. The maximum Gasteiger partial charge on any atom is 0.306 e. The molecule has 1 heterocycles. The van der Waals surface area contributed by atoms with Crippen molar-refractivity contribution in [2.45, 2.75) is 32.5 Å². The Morgan fingerprint density at radius 2 is 1.74 bits per heavy atom. The molecule has 0 fully saturated rings. The third kappa shape index (κ3) is 2.88. The highest BCUT2D eigenvalue weighted by molar-refractivity contribution is 7.86. The molecule has 124 valence electrons. The van der Waals surface area contributed by atoms with Gasteiger partial charge in [-0.05, 0) is 13.8 Å². The third-order valence-corrected chi connectivity index (χ3v) is 4.50. The maximum atomic E-state index is 11.8. The van der Waals surface area contributed by atoms with Crippen LogP contribution in [0.25, 0.3) is 10.8 Å². The van der Waals surface area contributed by atoms with Gasteiger partial charge < -0.3 is 13.7 Å². The van der Waals surface area contributed by atoms with Crippen LogP contribution in [0.5, 0.6) is 11.5 Å². The molecular formula is C17H20O5S. The zero-order valence-corrected chi connectivity index (χ0v) is 14.4. The molecule has 0 aromatic heterocycles. The first-order valence-electron chi connectivity index (χ1n) is 7.48. The van der Waals surface area contributed by atoms with Crippen LogP contribution in [0.4, 0.5) is 0 Å². The first kappa shape index (κ1) is 16.1. The SMILES string of the molecule is COc1c2c(c(OS(C)(=O)=O)c3ccccc13)C[C@@H](C)O[C@@H]2C. The summed E-state index contributed by atoms with van der Waals surface area (Å²) in [5.41, 5.74) is 1.71. The molecule has 6 heteroatoms. The lowest BCUT2D eigenvalue weighted by atomic mass is 9.89. The van der Waals surface area contributed by atoms with Crippen LogP contribution in [0.15, 0.2) is 24.3 Å². The Bertz CT molecular complexity index is 857. The number of rotatable bonds is 3. The van der Waals surface area contributed by atoms with E-state index < -0.39 is 10.1 Å². The highest BCUT2D eigenvalue weighted by Gasteiger charge is 2.32. The van der Waals surface area contributed by atoms with Gasteiger partial charge in [0.2, 0.25) is 0 Å². The Morgan fingerprint density at radius 1 is 1.13 bits per heavy atom. The predicted octanol–water partition coefficient (Wildman–Crippen LogP) is 3.21. The molecule has 2 atom stereocenters. The second-order valence-electron chi connectivity index (χ2n) is 5.88. The minimum Gasteiger partial charge on any atom is -0.496 e. The van der Waals surface area contributed by atoms with Gasteiger partial charge in [-0.2, -0.15) is 8.42 Å². The summed E-state index contributed by atoms with van der Waals surface area (Å²) < 4.78 is 40.4. The van der Waals surface area contributed by atoms with Crippen LogP contribution in [-0.2, 0) is 21.3 Å². The van der Waals surface area contributed by atoms with Crippen molar-refractivity contribution < 1.29 is 22.1 Å². The number of methoxy groups -OCH3 is 1. The van der Waals surface area contributed by atoms with Crippen LogP contribution >= 0.6 is 0 Å². The standard InChI is InChI=1S/C17H20O5S/c1-10-9-14-15(11(2)21-10)17(20-3)13-8-6-5-7-12(13)16(14)22-23(4,18)19/h5-8,10-11H,9H2,1-4H3/t10-,11-/m1/s1. The fourth-order valence-corrected chi connectivity index (χ4v) is 3.79. The molecule has 0 N–H and O–H groups in total. The Morgan fingerprint density at radius 3 is 2.30 bits per heavy atom. The van der Waals surface area contributed by atoms with E-state index in [1.54, 1.807) is 7.11 Å². The summed E-state index contributed by atoms with van der Waals surface area (Å²) in [6, 6.07) is 7.49. The van der Waals surface area contributed by atoms with E-state index in [0.717, 1.165) is 33.9 Å². The molecule has 2 aromatic carbocycles. The summed E-state index contributed by atoms with van der Waals surface area (Å²) in [6.45, 7) is 3.90. The Labute approximate surface area is 136 Å². The van der Waals surface area contributed by atoms with E-state index in [1.807, 2.05) is 38.1 Å². The molecule has 23 heavy (non-hydrogen) atoms. The smallest absolute Gasteiger partial charge is 0.306 e. The van der Waals surface area contributed by atoms with Crippen LogP contribution in [-0.4, -0.2) is 27.9 Å². The van der Waals surface area contributed by atoms with E-state index >= 15 is 0 Å². The maximum absolute atomic E-state index is 11.8. The van der Waals surface area contributed by atoms with Crippen molar-refractivity contribution in [1.29, 1.82) is 0 Å². The predicted molar refractivity (Wildman–Crippen MR) is 88.6 cm³/mol. The van der Waals surface area contributed by atoms with Crippen LogP contribution in [0.2, 0.25) is 0 Å². The van der Waals surface area contributed by atoms with Gasteiger partial charge in [-0.25, -0.2) is 0 Å². The van der Waals surface area contributed by atoms with Gasteiger partial charge in [0.25, 0.3) is 0 Å². The molecule has 0 saturated carbocycles. The van der Waals surface area contributed by atoms with E-state index in [4.69, 9.17) is 13.7 Å². The first-order valence-corrected chi connectivity index (χ1v) is 9.30. The average molecular weight is 336 g/mol. The van der Waals surface area contributed by atoms with Gasteiger partial charge in [-0.1, -0.05) is 24.3 Å². The topological polar surface area (TPSA) is 61.8 Å². The van der Waals surface area contributed by atoms with E-state index in [1.165, 1.54) is 0 Å². The lowest BCUT2D eigenvalue weighted by Gasteiger charge is -2.32. The van der Waals surface area contributed by atoms with Gasteiger partial charge in [0, 0.05) is 28.3 Å². The van der Waals surface area contributed by atoms with E-state index in [2.05, 4.69) is 0 Å². The molecule has 3 rings (SSSR count). The number of fused-ring (bicyclic) bond motifs is 2. The van der Waals surface area contributed by atoms with Crippen LogP contribution in [0.1, 0.15) is 31.1 Å². The highest BCUT2D eigenvalue weighted by atomic mass is 32.2. The lowest BCUT2D eigenvalue weighted by molar-refractivity contribution is -0.00625. The molecule has 0 bridgehead atoms. The Balaban J connectivity index is 2.42. The van der Waals surface area contributed by atoms with Crippen molar-refractivity contribution in [2.24, 2.45) is 0 Å². The number of hydrogen-bond acceptors (Lipinski definition) is 5. The molecular weight excluding hydrogens is 316 g/mol. The highest BCUT2D eigenvalue weighted by Crippen LogP contribution is 2.47. The quantitative estimate of drug-likeness (QED) is 0.806. The molecule has 0 saturated heterocycles. The number of ether oxygens (including phenoxy) is 2. The fraction of sp³-hybridized carbons (Fsp3) is 0.412. The van der Waals surface area contributed by atoms with Crippen molar-refractivity contribution in [3.8, 4) is 11.5 Å². The first-order chi connectivity index (χ1) is 10.8. The molecule has 5 nitrogen and oxygen atoms in total. The zero-order valence-electron chi connectivity index (χ0n) is 13.6. The summed E-state index contributed by atoms with van der Waals surface area (Å²) in [5, 5.41) is 1.55. The molecule has 2 aromatic rings. The molecule has 1 aliphatic rings. The summed E-state index contributed by atoms with van der Waals surface area (Å²) >= 11 is 0. The summed E-state index contributed by atoms with van der Waals surface area (Å²) in [4.78, 5) is 0. The number of benzene rings is 2. The van der Waals surface area contributed by atoms with Gasteiger partial charge in [0.15, 0.2) is 5.75 Å². The van der Waals surface area contributed by atoms with Gasteiger partial charge in [0.05, 0.1) is 25.6 Å². The van der Waals surface area contributed by atoms with E-state index in [0.29, 0.717) is 12.2 Å². The largest absolute Gasteiger partial charge is 0.496 e. The summed E-state index contributed by atoms with van der Waals surface area (Å²) in [6.07, 6.45) is 1.41.